The maximum Gasteiger partial charge on any atom is 0.322 e. The minimum Gasteiger partial charge on any atom is -0.480 e. The number of fused-ring (bicyclic) bond motifs is 1. The van der Waals surface area contributed by atoms with Crippen LogP contribution in [0.4, 0.5) is 0 Å². The Morgan fingerprint density at radius 3 is 2.53 bits per heavy atom. The van der Waals surface area contributed by atoms with Crippen LogP contribution in [0, 0.1) is 0 Å². The number of carbonyl (C=O) groups is 1. The standard InChI is InChI=1S/C24H28N4O5S/c1-16-4-3-5-17(2)28(16)34(31,32)27-22(24(29)30)14-18-6-8-20(9-7-18)33-23-21-11-12-25-15-19(21)10-13-26-23/h6-13,15-17,22,27H,3-5,14H2,1-2H3,(H,29,30). The number of piperidine rings is 1. The third-order valence-electron chi connectivity index (χ3n) is 6.09. The highest BCUT2D eigenvalue weighted by Gasteiger charge is 2.37. The van der Waals surface area contributed by atoms with Crippen LogP contribution in [0.2, 0.25) is 0 Å². The van der Waals surface area contributed by atoms with Crippen molar-refractivity contribution in [2.45, 2.75) is 57.7 Å². The van der Waals surface area contributed by atoms with E-state index in [1.807, 2.05) is 26.0 Å². The fourth-order valence-electron chi connectivity index (χ4n) is 4.40. The van der Waals surface area contributed by atoms with Gasteiger partial charge in [0.15, 0.2) is 0 Å². The van der Waals surface area contributed by atoms with Crippen molar-refractivity contribution in [2.24, 2.45) is 0 Å². The van der Waals surface area contributed by atoms with Crippen LogP contribution < -0.4 is 9.46 Å². The Morgan fingerprint density at radius 1 is 1.15 bits per heavy atom. The Labute approximate surface area is 199 Å². The summed E-state index contributed by atoms with van der Waals surface area (Å²) in [7, 11) is -3.95. The quantitative estimate of drug-likeness (QED) is 0.502. The number of benzene rings is 1. The van der Waals surface area contributed by atoms with Gasteiger partial charge in [0, 0.05) is 41.4 Å². The summed E-state index contributed by atoms with van der Waals surface area (Å²) in [5.41, 5.74) is 0.664. The summed E-state index contributed by atoms with van der Waals surface area (Å²) in [6.45, 7) is 3.70. The molecule has 0 spiro atoms. The van der Waals surface area contributed by atoms with Crippen molar-refractivity contribution in [1.82, 2.24) is 19.0 Å². The highest BCUT2D eigenvalue weighted by Crippen LogP contribution is 2.28. The van der Waals surface area contributed by atoms with Gasteiger partial charge in [0.05, 0.1) is 0 Å². The molecule has 0 amide bonds. The van der Waals surface area contributed by atoms with E-state index >= 15 is 0 Å². The van der Waals surface area contributed by atoms with Gasteiger partial charge in [-0.05, 0) is 62.9 Å². The maximum absolute atomic E-state index is 13.0. The summed E-state index contributed by atoms with van der Waals surface area (Å²) < 4.78 is 35.7. The molecule has 9 nitrogen and oxygen atoms in total. The Hall–Kier alpha value is -3.08. The van der Waals surface area contributed by atoms with Crippen molar-refractivity contribution >= 4 is 27.0 Å². The number of carboxylic acids is 1. The molecule has 0 aliphatic carbocycles. The van der Waals surface area contributed by atoms with Crippen molar-refractivity contribution in [2.75, 3.05) is 0 Å². The van der Waals surface area contributed by atoms with Crippen molar-refractivity contribution in [3.63, 3.8) is 0 Å². The van der Waals surface area contributed by atoms with E-state index in [9.17, 15) is 18.3 Å². The Bertz CT molecular complexity index is 1250. The molecule has 180 valence electrons. The Balaban J connectivity index is 1.47. The van der Waals surface area contributed by atoms with Crippen LogP contribution in [0.15, 0.2) is 55.0 Å². The predicted molar refractivity (Wildman–Crippen MR) is 128 cm³/mol. The zero-order valence-corrected chi connectivity index (χ0v) is 19.9. The first-order valence-electron chi connectivity index (χ1n) is 11.2. The van der Waals surface area contributed by atoms with Gasteiger partial charge in [-0.2, -0.15) is 17.4 Å². The van der Waals surface area contributed by atoms with E-state index in [4.69, 9.17) is 4.74 Å². The van der Waals surface area contributed by atoms with Gasteiger partial charge in [-0.25, -0.2) is 4.98 Å². The lowest BCUT2D eigenvalue weighted by atomic mass is 10.0. The number of aromatic nitrogens is 2. The van der Waals surface area contributed by atoms with Crippen LogP contribution in [-0.2, 0) is 21.4 Å². The molecule has 1 aliphatic rings. The molecule has 1 aromatic carbocycles. The van der Waals surface area contributed by atoms with E-state index in [1.165, 1.54) is 4.31 Å². The lowest BCUT2D eigenvalue weighted by Crippen LogP contribution is -2.55. The molecule has 1 saturated heterocycles. The van der Waals surface area contributed by atoms with E-state index < -0.39 is 22.2 Å². The van der Waals surface area contributed by atoms with Gasteiger partial charge in [-0.3, -0.25) is 9.78 Å². The lowest BCUT2D eigenvalue weighted by Gasteiger charge is -2.38. The van der Waals surface area contributed by atoms with Gasteiger partial charge in [-0.1, -0.05) is 18.6 Å². The molecule has 10 heteroatoms. The number of pyridine rings is 2. The minimum atomic E-state index is -3.95. The van der Waals surface area contributed by atoms with Gasteiger partial charge in [0.25, 0.3) is 10.2 Å². The van der Waals surface area contributed by atoms with Gasteiger partial charge in [-0.15, -0.1) is 0 Å². The zero-order valence-electron chi connectivity index (χ0n) is 19.1. The first kappa shape index (κ1) is 24.1. The molecule has 4 rings (SSSR count). The van der Waals surface area contributed by atoms with Crippen LogP contribution in [0.25, 0.3) is 10.8 Å². The van der Waals surface area contributed by atoms with Crippen LogP contribution in [0.1, 0.15) is 38.7 Å². The highest BCUT2D eigenvalue weighted by atomic mass is 32.2. The van der Waals surface area contributed by atoms with Crippen LogP contribution >= 0.6 is 0 Å². The monoisotopic (exact) mass is 484 g/mol. The van der Waals surface area contributed by atoms with Crippen molar-refractivity contribution in [3.8, 4) is 11.6 Å². The van der Waals surface area contributed by atoms with Gasteiger partial charge < -0.3 is 9.84 Å². The van der Waals surface area contributed by atoms with E-state index in [1.54, 1.807) is 42.9 Å². The number of carboxylic acid groups (broad SMARTS) is 1. The van der Waals surface area contributed by atoms with E-state index in [0.29, 0.717) is 17.2 Å². The SMILES string of the molecule is CC1CCCC(C)N1S(=O)(=O)NC(Cc1ccc(Oc2nccc3cnccc23)cc1)C(=O)O. The Morgan fingerprint density at radius 2 is 1.85 bits per heavy atom. The molecule has 2 aromatic heterocycles. The fraction of sp³-hybridized carbons (Fsp3) is 0.375. The predicted octanol–water partition coefficient (Wildman–Crippen LogP) is 3.52. The molecule has 1 aliphatic heterocycles. The largest absolute Gasteiger partial charge is 0.480 e. The molecule has 0 saturated carbocycles. The summed E-state index contributed by atoms with van der Waals surface area (Å²) >= 11 is 0. The van der Waals surface area contributed by atoms with E-state index in [2.05, 4.69) is 14.7 Å². The average molecular weight is 485 g/mol. The summed E-state index contributed by atoms with van der Waals surface area (Å²) in [4.78, 5) is 20.3. The van der Waals surface area contributed by atoms with Crippen molar-refractivity contribution in [1.29, 1.82) is 0 Å². The van der Waals surface area contributed by atoms with Crippen LogP contribution in [0.5, 0.6) is 11.6 Å². The fourth-order valence-corrected chi connectivity index (χ4v) is 6.23. The molecule has 0 radical (unpaired) electrons. The average Bonchev–Trinajstić information content (AvgIpc) is 2.79. The second-order valence-electron chi connectivity index (χ2n) is 8.64. The molecule has 1 fully saturated rings. The molecule has 34 heavy (non-hydrogen) atoms. The molecular formula is C24H28N4O5S. The number of rotatable bonds is 8. The van der Waals surface area contributed by atoms with Crippen molar-refractivity contribution < 1.29 is 23.1 Å². The van der Waals surface area contributed by atoms with Crippen molar-refractivity contribution in [3.05, 3.63) is 60.6 Å². The maximum atomic E-state index is 13.0. The molecule has 3 aromatic rings. The van der Waals surface area contributed by atoms with Gasteiger partial charge in [0.2, 0.25) is 5.88 Å². The third kappa shape index (κ3) is 5.35. The molecule has 3 heterocycles. The first-order chi connectivity index (χ1) is 16.2. The first-order valence-corrected chi connectivity index (χ1v) is 12.7. The summed E-state index contributed by atoms with van der Waals surface area (Å²) in [6.07, 6.45) is 7.50. The molecule has 2 N–H and O–H groups in total. The number of nitrogens with zero attached hydrogens (tertiary/aromatic N) is 3. The normalized spacial score (nSPS) is 20.2. The van der Waals surface area contributed by atoms with Gasteiger partial charge >= 0.3 is 5.97 Å². The minimum absolute atomic E-state index is 0.00360. The van der Waals surface area contributed by atoms with Crippen LogP contribution in [0.3, 0.4) is 0 Å². The third-order valence-corrected chi connectivity index (χ3v) is 7.94. The van der Waals surface area contributed by atoms with Gasteiger partial charge in [0.1, 0.15) is 11.8 Å². The second-order valence-corrected chi connectivity index (χ2v) is 10.2. The molecule has 3 unspecified atom stereocenters. The second kappa shape index (κ2) is 10.0. The van der Waals surface area contributed by atoms with E-state index in [-0.39, 0.29) is 18.5 Å². The smallest absolute Gasteiger partial charge is 0.322 e. The number of hydrogen-bond acceptors (Lipinski definition) is 6. The Kier molecular flexibility index (Phi) is 7.11. The zero-order chi connectivity index (χ0) is 24.3. The van der Waals surface area contributed by atoms with Crippen LogP contribution in [-0.4, -0.2) is 51.9 Å². The lowest BCUT2D eigenvalue weighted by molar-refractivity contribution is -0.139. The summed E-state index contributed by atoms with van der Waals surface area (Å²) in [5.74, 6) is -0.257. The topological polar surface area (TPSA) is 122 Å². The summed E-state index contributed by atoms with van der Waals surface area (Å²) in [5, 5.41) is 11.4. The highest BCUT2D eigenvalue weighted by molar-refractivity contribution is 7.87. The molecule has 3 atom stereocenters. The number of hydrogen-bond donors (Lipinski definition) is 2. The van der Waals surface area contributed by atoms with E-state index in [0.717, 1.165) is 30.0 Å². The number of nitrogens with one attached hydrogen (secondary N) is 1. The summed E-state index contributed by atoms with van der Waals surface area (Å²) in [6, 6.07) is 8.88. The number of aliphatic carboxylic acids is 1. The number of ether oxygens (including phenoxy) is 1. The molecule has 0 bridgehead atoms. The molecular weight excluding hydrogens is 456 g/mol.